The molecule has 2 saturated heterocycles. The molecule has 1 atom stereocenters. The predicted molar refractivity (Wildman–Crippen MR) is 82.1 cm³/mol. The Labute approximate surface area is 139 Å². The van der Waals surface area contributed by atoms with Crippen molar-refractivity contribution in [2.45, 2.75) is 25.1 Å². The molecule has 0 saturated carbocycles. The van der Waals surface area contributed by atoms with Crippen LogP contribution in [0.4, 0.5) is 17.6 Å². The molecule has 1 aromatic carbocycles. The van der Waals surface area contributed by atoms with Gasteiger partial charge in [0.1, 0.15) is 5.82 Å². The number of piperazine rings is 1. The van der Waals surface area contributed by atoms with Gasteiger partial charge in [0.25, 0.3) is 0 Å². The summed E-state index contributed by atoms with van der Waals surface area (Å²) in [6.45, 7) is 4.09. The molecule has 24 heavy (non-hydrogen) atoms. The van der Waals surface area contributed by atoms with E-state index in [1.54, 1.807) is 0 Å². The maximum atomic E-state index is 14.7. The summed E-state index contributed by atoms with van der Waals surface area (Å²) < 4.78 is 59.4. The van der Waals surface area contributed by atoms with E-state index in [2.05, 4.69) is 10.2 Å². The van der Waals surface area contributed by atoms with Gasteiger partial charge in [0.15, 0.2) is 0 Å². The van der Waals surface area contributed by atoms with Crippen molar-refractivity contribution < 1.29 is 22.3 Å². The number of hydrogen-bond acceptors (Lipinski definition) is 3. The van der Waals surface area contributed by atoms with Gasteiger partial charge in [-0.25, -0.2) is 4.39 Å². The number of alkyl halides is 3. The monoisotopic (exact) mass is 346 g/mol. The number of nitrogens with one attached hydrogen (secondary N) is 1. The Kier molecular flexibility index (Phi) is 5.42. The van der Waals surface area contributed by atoms with Gasteiger partial charge in [-0.2, -0.15) is 13.2 Å². The van der Waals surface area contributed by atoms with E-state index in [-0.39, 0.29) is 17.5 Å². The smallest absolute Gasteiger partial charge is 0.381 e. The van der Waals surface area contributed by atoms with Gasteiger partial charge in [-0.15, -0.1) is 0 Å². The van der Waals surface area contributed by atoms with Gasteiger partial charge in [-0.1, -0.05) is 12.1 Å². The van der Waals surface area contributed by atoms with Gasteiger partial charge in [0, 0.05) is 51.0 Å². The lowest BCUT2D eigenvalue weighted by molar-refractivity contribution is -0.140. The molecule has 0 aliphatic carbocycles. The zero-order valence-corrected chi connectivity index (χ0v) is 13.4. The van der Waals surface area contributed by atoms with Crippen LogP contribution in [0, 0.1) is 11.7 Å². The first-order valence-corrected chi connectivity index (χ1v) is 8.36. The lowest BCUT2D eigenvalue weighted by Gasteiger charge is -2.41. The number of rotatable bonds is 3. The maximum Gasteiger partial charge on any atom is 0.419 e. The van der Waals surface area contributed by atoms with Crippen LogP contribution in [-0.4, -0.2) is 44.3 Å². The summed E-state index contributed by atoms with van der Waals surface area (Å²) in [5.41, 5.74) is -1.01. The molecule has 134 valence electrons. The maximum absolute atomic E-state index is 14.7. The van der Waals surface area contributed by atoms with Crippen molar-refractivity contribution in [1.29, 1.82) is 0 Å². The molecule has 2 heterocycles. The van der Waals surface area contributed by atoms with Crippen LogP contribution in [0.1, 0.15) is 30.0 Å². The molecule has 0 radical (unpaired) electrons. The van der Waals surface area contributed by atoms with E-state index < -0.39 is 17.6 Å². The Morgan fingerprint density at radius 3 is 2.42 bits per heavy atom. The molecule has 2 fully saturated rings. The second-order valence-corrected chi connectivity index (χ2v) is 6.39. The summed E-state index contributed by atoms with van der Waals surface area (Å²) in [6.07, 6.45) is -3.20. The molecule has 1 aromatic rings. The van der Waals surface area contributed by atoms with E-state index in [9.17, 15) is 17.6 Å². The standard InChI is InChI=1S/C17H22F4N2O/c18-15-13(2-1-3-14(15)17(19,20)21)16(12-4-10-24-11-5-12)23-8-6-22-7-9-23/h1-3,12,16,22H,4-11H2/t16-/m0/s1. The number of nitrogens with zero attached hydrogens (tertiary/aromatic N) is 1. The summed E-state index contributed by atoms with van der Waals surface area (Å²) in [5.74, 6) is -1.02. The van der Waals surface area contributed by atoms with Crippen LogP contribution < -0.4 is 5.32 Å². The quantitative estimate of drug-likeness (QED) is 0.851. The number of ether oxygens (including phenoxy) is 1. The van der Waals surface area contributed by atoms with E-state index in [0.717, 1.165) is 32.0 Å². The minimum atomic E-state index is -4.68. The Morgan fingerprint density at radius 1 is 1.12 bits per heavy atom. The molecule has 0 amide bonds. The Balaban J connectivity index is 1.98. The fourth-order valence-electron chi connectivity index (χ4n) is 3.74. The van der Waals surface area contributed by atoms with E-state index >= 15 is 0 Å². The molecule has 3 nitrogen and oxygen atoms in total. The lowest BCUT2D eigenvalue weighted by atomic mass is 9.84. The first-order valence-electron chi connectivity index (χ1n) is 8.36. The van der Waals surface area contributed by atoms with E-state index in [0.29, 0.717) is 26.3 Å². The van der Waals surface area contributed by atoms with Crippen LogP contribution in [0.25, 0.3) is 0 Å². The van der Waals surface area contributed by atoms with Gasteiger partial charge in [-0.05, 0) is 24.8 Å². The molecule has 0 bridgehead atoms. The number of halogens is 4. The average molecular weight is 346 g/mol. The van der Waals surface area contributed by atoms with Gasteiger partial charge in [-0.3, -0.25) is 4.90 Å². The van der Waals surface area contributed by atoms with E-state index in [4.69, 9.17) is 4.74 Å². The molecular formula is C17H22F4N2O. The van der Waals surface area contributed by atoms with Crippen LogP contribution in [-0.2, 0) is 10.9 Å². The van der Waals surface area contributed by atoms with Crippen LogP contribution in [0.2, 0.25) is 0 Å². The third-order valence-electron chi connectivity index (χ3n) is 4.91. The molecule has 7 heteroatoms. The van der Waals surface area contributed by atoms with E-state index in [1.807, 2.05) is 0 Å². The van der Waals surface area contributed by atoms with Crippen molar-refractivity contribution in [3.8, 4) is 0 Å². The Bertz CT molecular complexity index is 534. The lowest BCUT2D eigenvalue weighted by Crippen LogP contribution is -2.47. The summed E-state index contributed by atoms with van der Waals surface area (Å²) in [5, 5.41) is 3.23. The summed E-state index contributed by atoms with van der Waals surface area (Å²) in [6, 6.07) is 3.30. The first kappa shape index (κ1) is 17.6. The van der Waals surface area contributed by atoms with Crippen LogP contribution in [0.3, 0.4) is 0 Å². The van der Waals surface area contributed by atoms with Gasteiger partial charge in [0.05, 0.1) is 5.56 Å². The van der Waals surface area contributed by atoms with Crippen molar-refractivity contribution in [3.05, 3.63) is 35.1 Å². The second-order valence-electron chi connectivity index (χ2n) is 6.39. The van der Waals surface area contributed by atoms with Gasteiger partial charge >= 0.3 is 6.18 Å². The molecule has 2 aliphatic rings. The highest BCUT2D eigenvalue weighted by Crippen LogP contribution is 2.40. The molecule has 2 aliphatic heterocycles. The average Bonchev–Trinajstić information content (AvgIpc) is 2.58. The van der Waals surface area contributed by atoms with E-state index in [1.165, 1.54) is 12.1 Å². The Hall–Kier alpha value is -1.18. The third-order valence-corrected chi connectivity index (χ3v) is 4.91. The highest BCUT2D eigenvalue weighted by molar-refractivity contribution is 5.31. The summed E-state index contributed by atoms with van der Waals surface area (Å²) in [4.78, 5) is 2.12. The topological polar surface area (TPSA) is 24.5 Å². The second kappa shape index (κ2) is 7.37. The zero-order valence-electron chi connectivity index (χ0n) is 13.4. The van der Waals surface area contributed by atoms with Crippen molar-refractivity contribution in [2.24, 2.45) is 5.92 Å². The molecule has 0 aromatic heterocycles. The minimum Gasteiger partial charge on any atom is -0.381 e. The molecular weight excluding hydrogens is 324 g/mol. The van der Waals surface area contributed by atoms with Crippen LogP contribution >= 0.6 is 0 Å². The number of benzene rings is 1. The van der Waals surface area contributed by atoms with Crippen molar-refractivity contribution in [2.75, 3.05) is 39.4 Å². The van der Waals surface area contributed by atoms with Crippen molar-refractivity contribution in [1.82, 2.24) is 10.2 Å². The summed E-state index contributed by atoms with van der Waals surface area (Å²) in [7, 11) is 0. The Morgan fingerprint density at radius 2 is 1.79 bits per heavy atom. The normalized spacial score (nSPS) is 22.5. The van der Waals surface area contributed by atoms with Crippen molar-refractivity contribution in [3.63, 3.8) is 0 Å². The van der Waals surface area contributed by atoms with Gasteiger partial charge < -0.3 is 10.1 Å². The minimum absolute atomic E-state index is 0.106. The fourth-order valence-corrected chi connectivity index (χ4v) is 3.74. The zero-order chi connectivity index (χ0) is 17.2. The highest BCUT2D eigenvalue weighted by Gasteiger charge is 2.38. The largest absolute Gasteiger partial charge is 0.419 e. The summed E-state index contributed by atoms with van der Waals surface area (Å²) >= 11 is 0. The molecule has 3 rings (SSSR count). The fraction of sp³-hybridized carbons (Fsp3) is 0.647. The van der Waals surface area contributed by atoms with Crippen LogP contribution in [0.5, 0.6) is 0 Å². The van der Waals surface area contributed by atoms with Crippen LogP contribution in [0.15, 0.2) is 18.2 Å². The molecule has 1 N–H and O–H groups in total. The van der Waals surface area contributed by atoms with Crippen molar-refractivity contribution >= 4 is 0 Å². The highest BCUT2D eigenvalue weighted by atomic mass is 19.4. The first-order chi connectivity index (χ1) is 11.5. The molecule has 0 spiro atoms. The number of hydrogen-bond donors (Lipinski definition) is 1. The third kappa shape index (κ3) is 3.73. The molecule has 0 unspecified atom stereocenters. The SMILES string of the molecule is Fc1c([C@H](C2CCOCC2)N2CCNCC2)cccc1C(F)(F)F. The van der Waals surface area contributed by atoms with Gasteiger partial charge in [0.2, 0.25) is 0 Å². The predicted octanol–water partition coefficient (Wildman–Crippen LogP) is 3.22.